The quantitative estimate of drug-likeness (QED) is 0.909. The molecule has 2 rings (SSSR count). The van der Waals surface area contributed by atoms with E-state index in [2.05, 4.69) is 25.9 Å². The Bertz CT molecular complexity index is 513. The highest BCUT2D eigenvalue weighted by Crippen LogP contribution is 2.24. The second-order valence-electron chi connectivity index (χ2n) is 7.15. The molecule has 0 aliphatic carbocycles. The average Bonchev–Trinajstić information content (AvgIpc) is 2.79. The third-order valence-corrected chi connectivity index (χ3v) is 4.29. The maximum Gasteiger partial charge on any atom is 0.257 e. The Kier molecular flexibility index (Phi) is 4.42. The van der Waals surface area contributed by atoms with Crippen molar-refractivity contribution in [3.05, 3.63) is 17.5 Å². The highest BCUT2D eigenvalue weighted by Gasteiger charge is 2.32. The lowest BCUT2D eigenvalue weighted by atomic mass is 9.96. The molecule has 0 bridgehead atoms. The summed E-state index contributed by atoms with van der Waals surface area (Å²) in [6, 6.07) is 0.149. The van der Waals surface area contributed by atoms with Gasteiger partial charge in [-0.3, -0.25) is 9.48 Å². The van der Waals surface area contributed by atoms with Crippen molar-refractivity contribution < 1.29 is 4.79 Å². The minimum absolute atomic E-state index is 0.00668. The normalized spacial score (nSPS) is 21.4. The largest absolute Gasteiger partial charge is 0.334 e. The molecule has 21 heavy (non-hydrogen) atoms. The summed E-state index contributed by atoms with van der Waals surface area (Å²) in [6.07, 6.45) is 4.91. The van der Waals surface area contributed by atoms with Crippen LogP contribution >= 0.6 is 0 Å². The van der Waals surface area contributed by atoms with Gasteiger partial charge in [-0.1, -0.05) is 0 Å². The molecule has 1 aliphatic heterocycles. The van der Waals surface area contributed by atoms with Crippen molar-refractivity contribution in [2.75, 3.05) is 6.54 Å². The minimum Gasteiger partial charge on any atom is -0.334 e. The predicted octanol–water partition coefficient (Wildman–Crippen LogP) is 2.29. The molecule has 0 radical (unpaired) electrons. The van der Waals surface area contributed by atoms with Crippen molar-refractivity contribution >= 4 is 5.91 Å². The lowest BCUT2D eigenvalue weighted by Crippen LogP contribution is -2.51. The molecule has 0 spiro atoms. The van der Waals surface area contributed by atoms with Gasteiger partial charge in [0.05, 0.1) is 17.3 Å². The Morgan fingerprint density at radius 3 is 2.62 bits per heavy atom. The smallest absolute Gasteiger partial charge is 0.257 e. The van der Waals surface area contributed by atoms with Crippen LogP contribution in [0.3, 0.4) is 0 Å². The fourth-order valence-electron chi connectivity index (χ4n) is 3.21. The summed E-state index contributed by atoms with van der Waals surface area (Å²) < 4.78 is 1.92. The summed E-state index contributed by atoms with van der Waals surface area (Å²) >= 11 is 0. The number of hydrogen-bond donors (Lipinski definition) is 1. The molecule has 0 aromatic carbocycles. The summed E-state index contributed by atoms with van der Waals surface area (Å²) in [5, 5.41) is 4.41. The molecule has 2 atom stereocenters. The minimum atomic E-state index is -0.120. The van der Waals surface area contributed by atoms with Crippen LogP contribution in [0.1, 0.15) is 63.0 Å². The van der Waals surface area contributed by atoms with Gasteiger partial charge in [-0.2, -0.15) is 5.10 Å². The van der Waals surface area contributed by atoms with E-state index in [1.54, 1.807) is 6.20 Å². The monoisotopic (exact) mass is 292 g/mol. The highest BCUT2D eigenvalue weighted by atomic mass is 16.2. The van der Waals surface area contributed by atoms with E-state index in [4.69, 9.17) is 5.73 Å². The first-order valence-corrected chi connectivity index (χ1v) is 7.85. The molecule has 2 unspecified atom stereocenters. The molecule has 2 N–H and O–H groups in total. The fraction of sp³-hybridized carbons (Fsp3) is 0.750. The molecule has 5 heteroatoms. The van der Waals surface area contributed by atoms with Crippen LogP contribution in [0.4, 0.5) is 0 Å². The average molecular weight is 292 g/mol. The van der Waals surface area contributed by atoms with E-state index in [0.29, 0.717) is 5.56 Å². The number of nitrogens with two attached hydrogens (primary N) is 1. The first-order chi connectivity index (χ1) is 9.73. The van der Waals surface area contributed by atoms with E-state index in [1.807, 2.05) is 23.4 Å². The second-order valence-corrected chi connectivity index (χ2v) is 7.15. The molecule has 1 aromatic rings. The van der Waals surface area contributed by atoms with E-state index in [-0.39, 0.29) is 23.5 Å². The van der Waals surface area contributed by atoms with E-state index < -0.39 is 0 Å². The number of carbonyl (C=O) groups is 1. The third-order valence-electron chi connectivity index (χ3n) is 4.29. The summed E-state index contributed by atoms with van der Waals surface area (Å²) in [7, 11) is 0. The number of rotatable bonds is 2. The molecule has 1 fully saturated rings. The van der Waals surface area contributed by atoms with Crippen molar-refractivity contribution in [1.82, 2.24) is 14.7 Å². The molecule has 2 heterocycles. The summed E-state index contributed by atoms with van der Waals surface area (Å²) in [5.41, 5.74) is 7.59. The highest BCUT2D eigenvalue weighted by molar-refractivity contribution is 5.95. The number of carbonyl (C=O) groups excluding carboxylic acids is 1. The van der Waals surface area contributed by atoms with Crippen LogP contribution in [0.25, 0.3) is 0 Å². The molecule has 1 saturated heterocycles. The first-order valence-electron chi connectivity index (χ1n) is 7.85. The first kappa shape index (κ1) is 16.0. The van der Waals surface area contributed by atoms with Crippen LogP contribution in [0.2, 0.25) is 0 Å². The van der Waals surface area contributed by atoms with Gasteiger partial charge < -0.3 is 10.6 Å². The van der Waals surface area contributed by atoms with Crippen LogP contribution < -0.4 is 5.73 Å². The Morgan fingerprint density at radius 1 is 1.43 bits per heavy atom. The SMILES string of the molecule is Cc1c(C(=O)N2CCCCC2C(C)N)cnn1C(C)(C)C. The van der Waals surface area contributed by atoms with Gasteiger partial charge in [0.25, 0.3) is 5.91 Å². The molecule has 1 amide bonds. The fourth-order valence-corrected chi connectivity index (χ4v) is 3.21. The van der Waals surface area contributed by atoms with E-state index in [1.165, 1.54) is 0 Å². The van der Waals surface area contributed by atoms with Gasteiger partial charge in [0.1, 0.15) is 0 Å². The zero-order valence-corrected chi connectivity index (χ0v) is 13.9. The van der Waals surface area contributed by atoms with Crippen molar-refractivity contribution in [3.63, 3.8) is 0 Å². The summed E-state index contributed by atoms with van der Waals surface area (Å²) in [5.74, 6) is 0.0741. The molecule has 1 aliphatic rings. The number of amides is 1. The molecule has 5 nitrogen and oxygen atoms in total. The summed E-state index contributed by atoms with van der Waals surface area (Å²) in [6.45, 7) is 11.0. The predicted molar refractivity (Wildman–Crippen MR) is 84.3 cm³/mol. The van der Waals surface area contributed by atoms with E-state index in [0.717, 1.165) is 31.5 Å². The van der Waals surface area contributed by atoms with Gasteiger partial charge in [0.2, 0.25) is 0 Å². The topological polar surface area (TPSA) is 64.2 Å². The third kappa shape index (κ3) is 3.12. The van der Waals surface area contributed by atoms with Crippen LogP contribution in [0, 0.1) is 6.92 Å². The molecular weight excluding hydrogens is 264 g/mol. The van der Waals surface area contributed by atoms with Gasteiger partial charge in [-0.25, -0.2) is 0 Å². The van der Waals surface area contributed by atoms with Crippen molar-refractivity contribution in [2.45, 2.75) is 71.5 Å². The molecule has 118 valence electrons. The number of aromatic nitrogens is 2. The molecule has 0 saturated carbocycles. The van der Waals surface area contributed by atoms with Gasteiger partial charge in [-0.05, 0) is 53.9 Å². The lowest BCUT2D eigenvalue weighted by Gasteiger charge is -2.38. The van der Waals surface area contributed by atoms with Crippen LogP contribution in [0.5, 0.6) is 0 Å². The number of likely N-dealkylation sites (tertiary alicyclic amines) is 1. The zero-order chi connectivity index (χ0) is 15.8. The van der Waals surface area contributed by atoms with Gasteiger partial charge >= 0.3 is 0 Å². The number of hydrogen-bond acceptors (Lipinski definition) is 3. The summed E-state index contributed by atoms with van der Waals surface area (Å²) in [4.78, 5) is 14.8. The number of nitrogens with zero attached hydrogens (tertiary/aromatic N) is 3. The van der Waals surface area contributed by atoms with Crippen LogP contribution in [0.15, 0.2) is 6.20 Å². The maximum absolute atomic E-state index is 12.9. The lowest BCUT2D eigenvalue weighted by molar-refractivity contribution is 0.0582. The Hall–Kier alpha value is -1.36. The molecular formula is C16H28N4O. The number of piperidine rings is 1. The van der Waals surface area contributed by atoms with Crippen LogP contribution in [-0.4, -0.2) is 39.2 Å². The van der Waals surface area contributed by atoms with Crippen molar-refractivity contribution in [3.8, 4) is 0 Å². The zero-order valence-electron chi connectivity index (χ0n) is 13.9. The molecule has 1 aromatic heterocycles. The maximum atomic E-state index is 12.9. The Balaban J connectivity index is 2.29. The van der Waals surface area contributed by atoms with E-state index >= 15 is 0 Å². The standard InChI is InChI=1S/C16H28N4O/c1-11(17)14-8-6-7-9-19(14)15(21)13-10-18-20(12(13)2)16(3,4)5/h10-11,14H,6-9,17H2,1-5H3. The van der Waals surface area contributed by atoms with E-state index in [9.17, 15) is 4.79 Å². The second kappa shape index (κ2) is 5.79. The van der Waals surface area contributed by atoms with Gasteiger partial charge in [0, 0.05) is 24.3 Å². The Morgan fingerprint density at radius 2 is 2.10 bits per heavy atom. The van der Waals surface area contributed by atoms with Gasteiger partial charge in [0.15, 0.2) is 0 Å². The van der Waals surface area contributed by atoms with Gasteiger partial charge in [-0.15, -0.1) is 0 Å². The van der Waals surface area contributed by atoms with Crippen molar-refractivity contribution in [2.24, 2.45) is 5.73 Å². The Labute approximate surface area is 127 Å². The van der Waals surface area contributed by atoms with Crippen molar-refractivity contribution in [1.29, 1.82) is 0 Å². The van der Waals surface area contributed by atoms with Crippen LogP contribution in [-0.2, 0) is 5.54 Å².